The van der Waals surface area contributed by atoms with Crippen molar-refractivity contribution in [2.45, 2.75) is 6.54 Å². The third kappa shape index (κ3) is 4.73. The molecule has 0 unspecified atom stereocenters. The maximum Gasteiger partial charge on any atom is 0.251 e. The van der Waals surface area contributed by atoms with Gasteiger partial charge in [-0.3, -0.25) is 19.6 Å². The standard InChI is InChI=1S/C20H18N4O2/c25-19(14-24-20(26)17-4-2-1-3-5-17)23-13-15-6-11-22-18(12-15)16-7-9-21-10-8-16/h1-12H,13-14H2,(H,23,25)(H,24,26). The van der Waals surface area contributed by atoms with Crippen molar-refractivity contribution in [2.75, 3.05) is 6.54 Å². The quantitative estimate of drug-likeness (QED) is 0.717. The smallest absolute Gasteiger partial charge is 0.251 e. The van der Waals surface area contributed by atoms with E-state index in [9.17, 15) is 9.59 Å². The Morgan fingerprint density at radius 2 is 1.65 bits per heavy atom. The molecule has 2 amide bonds. The first-order valence-corrected chi connectivity index (χ1v) is 8.17. The lowest BCUT2D eigenvalue weighted by Crippen LogP contribution is -2.36. The fourth-order valence-corrected chi connectivity index (χ4v) is 2.38. The number of aromatic nitrogens is 2. The van der Waals surface area contributed by atoms with Gasteiger partial charge in [0.2, 0.25) is 5.91 Å². The van der Waals surface area contributed by atoms with E-state index in [4.69, 9.17) is 0 Å². The van der Waals surface area contributed by atoms with Crippen LogP contribution in [0.3, 0.4) is 0 Å². The van der Waals surface area contributed by atoms with Crippen molar-refractivity contribution in [1.82, 2.24) is 20.6 Å². The van der Waals surface area contributed by atoms with Gasteiger partial charge in [-0.25, -0.2) is 0 Å². The Hall–Kier alpha value is -3.54. The molecule has 0 bridgehead atoms. The average molecular weight is 346 g/mol. The second kappa shape index (κ2) is 8.53. The van der Waals surface area contributed by atoms with Gasteiger partial charge in [0, 0.05) is 36.3 Å². The molecule has 2 N–H and O–H groups in total. The predicted octanol–water partition coefficient (Wildman–Crippen LogP) is 2.19. The van der Waals surface area contributed by atoms with E-state index in [1.165, 1.54) is 0 Å². The van der Waals surface area contributed by atoms with E-state index < -0.39 is 0 Å². The van der Waals surface area contributed by atoms with Crippen LogP contribution >= 0.6 is 0 Å². The van der Waals surface area contributed by atoms with Gasteiger partial charge in [0.05, 0.1) is 12.2 Å². The highest BCUT2D eigenvalue weighted by Gasteiger charge is 2.07. The highest BCUT2D eigenvalue weighted by atomic mass is 16.2. The van der Waals surface area contributed by atoms with E-state index in [0.717, 1.165) is 16.8 Å². The summed E-state index contributed by atoms with van der Waals surface area (Å²) in [5.74, 6) is -0.527. The monoisotopic (exact) mass is 346 g/mol. The SMILES string of the molecule is O=C(CNC(=O)c1ccccc1)NCc1ccnc(-c2ccncc2)c1. The molecule has 2 aromatic heterocycles. The Balaban J connectivity index is 1.51. The summed E-state index contributed by atoms with van der Waals surface area (Å²) in [4.78, 5) is 32.2. The van der Waals surface area contributed by atoms with Gasteiger partial charge in [0.1, 0.15) is 0 Å². The summed E-state index contributed by atoms with van der Waals surface area (Å²) in [6.07, 6.45) is 5.12. The topological polar surface area (TPSA) is 84.0 Å². The highest BCUT2D eigenvalue weighted by Crippen LogP contribution is 2.16. The second-order valence-electron chi connectivity index (χ2n) is 5.61. The minimum absolute atomic E-state index is 0.0734. The molecule has 0 aliphatic carbocycles. The molecule has 3 rings (SSSR count). The van der Waals surface area contributed by atoms with Gasteiger partial charge < -0.3 is 10.6 Å². The minimum Gasteiger partial charge on any atom is -0.350 e. The number of hydrogen-bond acceptors (Lipinski definition) is 4. The lowest BCUT2D eigenvalue weighted by atomic mass is 10.1. The molecule has 3 aromatic rings. The molecule has 6 nitrogen and oxygen atoms in total. The van der Waals surface area contributed by atoms with Crippen molar-refractivity contribution in [3.05, 3.63) is 84.3 Å². The van der Waals surface area contributed by atoms with Crippen LogP contribution in [0.4, 0.5) is 0 Å². The number of carbonyl (C=O) groups is 2. The lowest BCUT2D eigenvalue weighted by molar-refractivity contribution is -0.120. The van der Waals surface area contributed by atoms with Crippen LogP contribution in [0.15, 0.2) is 73.2 Å². The van der Waals surface area contributed by atoms with Crippen LogP contribution < -0.4 is 10.6 Å². The summed E-state index contributed by atoms with van der Waals surface area (Å²) in [7, 11) is 0. The summed E-state index contributed by atoms with van der Waals surface area (Å²) in [6.45, 7) is 0.288. The van der Waals surface area contributed by atoms with Gasteiger partial charge in [-0.05, 0) is 42.0 Å². The van der Waals surface area contributed by atoms with Crippen LogP contribution in [0.25, 0.3) is 11.3 Å². The molecule has 2 heterocycles. The summed E-state index contributed by atoms with van der Waals surface area (Å²) >= 11 is 0. The molecule has 0 spiro atoms. The fourth-order valence-electron chi connectivity index (χ4n) is 2.38. The third-order valence-electron chi connectivity index (χ3n) is 3.74. The number of nitrogens with zero attached hydrogens (tertiary/aromatic N) is 2. The lowest BCUT2D eigenvalue weighted by Gasteiger charge is -2.08. The molecule has 26 heavy (non-hydrogen) atoms. The van der Waals surface area contributed by atoms with Crippen LogP contribution in [-0.4, -0.2) is 28.3 Å². The van der Waals surface area contributed by atoms with E-state index in [1.807, 2.05) is 30.3 Å². The fraction of sp³-hybridized carbons (Fsp3) is 0.100. The summed E-state index contributed by atoms with van der Waals surface area (Å²) in [5.41, 5.74) is 3.23. The Morgan fingerprint density at radius 3 is 2.42 bits per heavy atom. The average Bonchev–Trinajstić information content (AvgIpc) is 2.72. The highest BCUT2D eigenvalue weighted by molar-refractivity contribution is 5.96. The third-order valence-corrected chi connectivity index (χ3v) is 3.74. The van der Waals surface area contributed by atoms with Crippen LogP contribution in [0.1, 0.15) is 15.9 Å². The van der Waals surface area contributed by atoms with Crippen molar-refractivity contribution < 1.29 is 9.59 Å². The maximum atomic E-state index is 12.0. The Labute approximate surface area is 151 Å². The van der Waals surface area contributed by atoms with Gasteiger partial charge in [-0.1, -0.05) is 18.2 Å². The molecule has 0 fully saturated rings. The van der Waals surface area contributed by atoms with Crippen molar-refractivity contribution in [3.63, 3.8) is 0 Å². The predicted molar refractivity (Wildman–Crippen MR) is 98.1 cm³/mol. The number of nitrogens with one attached hydrogen (secondary N) is 2. The molecule has 0 saturated heterocycles. The van der Waals surface area contributed by atoms with Crippen LogP contribution in [0, 0.1) is 0 Å². The number of carbonyl (C=O) groups excluding carboxylic acids is 2. The summed E-state index contributed by atoms with van der Waals surface area (Å²) in [6, 6.07) is 16.3. The van der Waals surface area contributed by atoms with Gasteiger partial charge >= 0.3 is 0 Å². The zero-order valence-electron chi connectivity index (χ0n) is 14.1. The van der Waals surface area contributed by atoms with Crippen molar-refractivity contribution in [2.24, 2.45) is 0 Å². The molecule has 0 saturated carbocycles. The number of benzene rings is 1. The molecule has 0 aliphatic rings. The Bertz CT molecular complexity index is 883. The van der Waals surface area contributed by atoms with E-state index in [2.05, 4.69) is 20.6 Å². The first-order valence-electron chi connectivity index (χ1n) is 8.17. The van der Waals surface area contributed by atoms with Crippen molar-refractivity contribution >= 4 is 11.8 Å². The van der Waals surface area contributed by atoms with Gasteiger partial charge in [-0.2, -0.15) is 0 Å². The Kier molecular flexibility index (Phi) is 5.67. The molecule has 1 aromatic carbocycles. The van der Waals surface area contributed by atoms with Gasteiger partial charge in [0.25, 0.3) is 5.91 Å². The van der Waals surface area contributed by atoms with Crippen molar-refractivity contribution in [3.8, 4) is 11.3 Å². The van der Waals surface area contributed by atoms with Crippen LogP contribution in [0.2, 0.25) is 0 Å². The normalized spacial score (nSPS) is 10.2. The minimum atomic E-state index is -0.273. The number of hydrogen-bond donors (Lipinski definition) is 2. The van der Waals surface area contributed by atoms with E-state index in [0.29, 0.717) is 12.1 Å². The molecular formula is C20H18N4O2. The van der Waals surface area contributed by atoms with Crippen LogP contribution in [0.5, 0.6) is 0 Å². The molecule has 0 radical (unpaired) electrons. The molecule has 6 heteroatoms. The maximum absolute atomic E-state index is 12.0. The Morgan fingerprint density at radius 1 is 0.885 bits per heavy atom. The van der Waals surface area contributed by atoms with Crippen molar-refractivity contribution in [1.29, 1.82) is 0 Å². The first-order chi connectivity index (χ1) is 12.7. The number of rotatable bonds is 6. The largest absolute Gasteiger partial charge is 0.350 e. The number of amides is 2. The number of pyridine rings is 2. The van der Waals surface area contributed by atoms with E-state index >= 15 is 0 Å². The summed E-state index contributed by atoms with van der Waals surface area (Å²) < 4.78 is 0. The zero-order chi connectivity index (χ0) is 18.2. The second-order valence-corrected chi connectivity index (χ2v) is 5.61. The van der Waals surface area contributed by atoms with Gasteiger partial charge in [-0.15, -0.1) is 0 Å². The molecular weight excluding hydrogens is 328 g/mol. The van der Waals surface area contributed by atoms with Crippen LogP contribution in [-0.2, 0) is 11.3 Å². The van der Waals surface area contributed by atoms with Gasteiger partial charge in [0.15, 0.2) is 0 Å². The molecule has 130 valence electrons. The molecule has 0 atom stereocenters. The first kappa shape index (κ1) is 17.3. The van der Waals surface area contributed by atoms with E-state index in [-0.39, 0.29) is 18.4 Å². The zero-order valence-corrected chi connectivity index (χ0v) is 14.1. The summed E-state index contributed by atoms with van der Waals surface area (Å²) in [5, 5.41) is 5.39. The van der Waals surface area contributed by atoms with E-state index in [1.54, 1.807) is 42.9 Å². The molecule has 0 aliphatic heterocycles.